The average molecular weight is 422 g/mol. The quantitative estimate of drug-likeness (QED) is 0.398. The first-order chi connectivity index (χ1) is 13.8. The number of piperidine rings is 1. The van der Waals surface area contributed by atoms with Gasteiger partial charge in [0.2, 0.25) is 0 Å². The number of alkyl carbamates (subject to hydrolysis) is 1. The van der Waals surface area contributed by atoms with Gasteiger partial charge in [0.15, 0.2) is 0 Å². The number of hydrogen-bond acceptors (Lipinski definition) is 6. The Balaban J connectivity index is 2.44. The van der Waals surface area contributed by atoms with Crippen LogP contribution in [0, 0.1) is 16.0 Å². The number of aliphatic hydroxyl groups is 1. The second-order valence-electron chi connectivity index (χ2n) is 9.54. The van der Waals surface area contributed by atoms with Gasteiger partial charge in [-0.1, -0.05) is 19.1 Å². The SMILES string of the molecule is C=C/C(=C(\C1=C(C)CCC1)N1C[C@H](C)C(C)(O)[C@H](NC(=O)OC(C)(C)C)C1)[N+](=O)[O-]. The second-order valence-corrected chi connectivity index (χ2v) is 9.54. The van der Waals surface area contributed by atoms with Crippen molar-refractivity contribution >= 4 is 6.09 Å². The van der Waals surface area contributed by atoms with Crippen molar-refractivity contribution in [3.05, 3.63) is 45.3 Å². The fourth-order valence-corrected chi connectivity index (χ4v) is 4.14. The minimum atomic E-state index is -1.19. The van der Waals surface area contributed by atoms with Crippen molar-refractivity contribution in [2.24, 2.45) is 5.92 Å². The number of hydrogen-bond donors (Lipinski definition) is 2. The lowest BCUT2D eigenvalue weighted by Crippen LogP contribution is -2.65. The summed E-state index contributed by atoms with van der Waals surface area (Å²) in [5.41, 5.74) is 0.730. The molecule has 1 aliphatic heterocycles. The molecule has 1 amide bonds. The van der Waals surface area contributed by atoms with E-state index in [0.717, 1.165) is 30.4 Å². The number of allylic oxidation sites excluding steroid dienone is 3. The Morgan fingerprint density at radius 2 is 2.03 bits per heavy atom. The van der Waals surface area contributed by atoms with Crippen molar-refractivity contribution in [1.29, 1.82) is 0 Å². The Labute approximate surface area is 178 Å². The molecule has 3 atom stereocenters. The van der Waals surface area contributed by atoms with Crippen molar-refractivity contribution in [1.82, 2.24) is 10.2 Å². The van der Waals surface area contributed by atoms with E-state index in [1.54, 1.807) is 27.7 Å². The van der Waals surface area contributed by atoms with Gasteiger partial charge < -0.3 is 20.1 Å². The van der Waals surface area contributed by atoms with E-state index in [0.29, 0.717) is 12.2 Å². The Kier molecular flexibility index (Phi) is 7.01. The lowest BCUT2D eigenvalue weighted by atomic mass is 9.79. The number of nitrogens with one attached hydrogen (secondary N) is 1. The Bertz CT molecular complexity index is 776. The van der Waals surface area contributed by atoms with Crippen LogP contribution in [-0.2, 0) is 4.74 Å². The lowest BCUT2D eigenvalue weighted by molar-refractivity contribution is -0.421. The Morgan fingerprint density at radius 1 is 1.40 bits per heavy atom. The molecule has 0 spiro atoms. The van der Waals surface area contributed by atoms with Gasteiger partial charge in [-0.2, -0.15) is 0 Å². The van der Waals surface area contributed by atoms with Gasteiger partial charge in [0, 0.05) is 25.1 Å². The summed E-state index contributed by atoms with van der Waals surface area (Å²) in [6.45, 7) is 15.2. The highest BCUT2D eigenvalue weighted by Gasteiger charge is 2.46. The van der Waals surface area contributed by atoms with Crippen molar-refractivity contribution in [3.8, 4) is 0 Å². The largest absolute Gasteiger partial charge is 0.444 e. The molecule has 0 aromatic heterocycles. The van der Waals surface area contributed by atoms with Crippen LogP contribution in [0.2, 0.25) is 0 Å². The number of nitrogens with zero attached hydrogens (tertiary/aromatic N) is 2. The van der Waals surface area contributed by atoms with Crippen LogP contribution in [0.3, 0.4) is 0 Å². The van der Waals surface area contributed by atoms with Crippen molar-refractivity contribution < 1.29 is 19.6 Å². The first-order valence-corrected chi connectivity index (χ1v) is 10.4. The van der Waals surface area contributed by atoms with E-state index in [9.17, 15) is 20.0 Å². The van der Waals surface area contributed by atoms with Crippen LogP contribution in [-0.4, -0.2) is 51.4 Å². The number of carbonyl (C=O) groups is 1. The third-order valence-electron chi connectivity index (χ3n) is 6.02. The normalized spacial score (nSPS) is 28.2. The van der Waals surface area contributed by atoms with E-state index in [1.807, 2.05) is 18.7 Å². The summed E-state index contributed by atoms with van der Waals surface area (Å²) in [7, 11) is 0. The number of nitro groups is 1. The molecular formula is C22H35N3O5. The molecule has 2 aliphatic rings. The maximum absolute atomic E-state index is 12.4. The summed E-state index contributed by atoms with van der Waals surface area (Å²) in [6.07, 6.45) is 3.27. The maximum Gasteiger partial charge on any atom is 0.408 e. The highest BCUT2D eigenvalue weighted by atomic mass is 16.6. The molecule has 1 aliphatic carbocycles. The molecule has 0 aromatic rings. The van der Waals surface area contributed by atoms with E-state index < -0.39 is 28.3 Å². The molecule has 0 bridgehead atoms. The molecule has 168 valence electrons. The van der Waals surface area contributed by atoms with E-state index in [-0.39, 0.29) is 18.2 Å². The molecule has 8 nitrogen and oxygen atoms in total. The van der Waals surface area contributed by atoms with Crippen molar-refractivity contribution in [2.45, 2.75) is 78.0 Å². The van der Waals surface area contributed by atoms with Crippen LogP contribution >= 0.6 is 0 Å². The van der Waals surface area contributed by atoms with Crippen LogP contribution in [0.4, 0.5) is 4.79 Å². The number of amides is 1. The Hall–Kier alpha value is -2.35. The molecule has 1 unspecified atom stereocenters. The predicted octanol–water partition coefficient (Wildman–Crippen LogP) is 3.76. The molecule has 0 radical (unpaired) electrons. The van der Waals surface area contributed by atoms with Crippen LogP contribution < -0.4 is 5.32 Å². The fourth-order valence-electron chi connectivity index (χ4n) is 4.14. The molecule has 30 heavy (non-hydrogen) atoms. The van der Waals surface area contributed by atoms with Gasteiger partial charge in [-0.15, -0.1) is 0 Å². The van der Waals surface area contributed by atoms with Gasteiger partial charge in [0.25, 0.3) is 5.70 Å². The van der Waals surface area contributed by atoms with Gasteiger partial charge in [-0.25, -0.2) is 4.79 Å². The zero-order chi connectivity index (χ0) is 22.9. The highest BCUT2D eigenvalue weighted by molar-refractivity contribution is 5.68. The molecule has 8 heteroatoms. The molecule has 2 rings (SSSR count). The van der Waals surface area contributed by atoms with Crippen molar-refractivity contribution in [3.63, 3.8) is 0 Å². The monoisotopic (exact) mass is 421 g/mol. The lowest BCUT2D eigenvalue weighted by Gasteiger charge is -2.48. The fraction of sp³-hybridized carbons (Fsp3) is 0.682. The van der Waals surface area contributed by atoms with Gasteiger partial charge >= 0.3 is 6.09 Å². The number of ether oxygens (including phenoxy) is 1. The summed E-state index contributed by atoms with van der Waals surface area (Å²) in [6, 6.07) is -0.661. The highest BCUT2D eigenvalue weighted by Crippen LogP contribution is 2.38. The number of rotatable bonds is 5. The van der Waals surface area contributed by atoms with E-state index in [1.165, 1.54) is 6.08 Å². The first kappa shape index (κ1) is 23.9. The second kappa shape index (κ2) is 8.79. The summed E-state index contributed by atoms with van der Waals surface area (Å²) < 4.78 is 5.36. The van der Waals surface area contributed by atoms with E-state index >= 15 is 0 Å². The third-order valence-corrected chi connectivity index (χ3v) is 6.02. The number of likely N-dealkylation sites (tertiary alicyclic amines) is 1. The van der Waals surface area contributed by atoms with Crippen LogP contribution in [0.5, 0.6) is 0 Å². The first-order valence-electron chi connectivity index (χ1n) is 10.4. The van der Waals surface area contributed by atoms with Gasteiger partial charge in [0.1, 0.15) is 11.3 Å². The minimum Gasteiger partial charge on any atom is -0.444 e. The predicted molar refractivity (Wildman–Crippen MR) is 115 cm³/mol. The number of carbonyl (C=O) groups excluding carboxylic acids is 1. The molecule has 0 aromatic carbocycles. The Morgan fingerprint density at radius 3 is 2.50 bits per heavy atom. The summed E-state index contributed by atoms with van der Waals surface area (Å²) in [5.74, 6) is -0.249. The van der Waals surface area contributed by atoms with Crippen LogP contribution in [0.25, 0.3) is 0 Å². The zero-order valence-electron chi connectivity index (χ0n) is 18.9. The standard InChI is InChI=1S/C22H35N3O5/c1-8-17(25(28)29)19(16-11-9-10-14(16)2)24-12-15(3)22(7,27)18(13-24)23-20(26)30-21(4,5)6/h8,15,18,27H,1,9-13H2,2-7H3,(H,23,26)/b19-17-/t15-,18+,22?/m0/s1. The minimum absolute atomic E-state index is 0.0454. The molecule has 1 heterocycles. The molecule has 1 fully saturated rings. The van der Waals surface area contributed by atoms with Gasteiger partial charge in [-0.05, 0) is 59.5 Å². The molecule has 2 N–H and O–H groups in total. The molecule has 1 saturated heterocycles. The summed E-state index contributed by atoms with van der Waals surface area (Å²) >= 11 is 0. The van der Waals surface area contributed by atoms with E-state index in [4.69, 9.17) is 4.74 Å². The summed E-state index contributed by atoms with van der Waals surface area (Å²) in [5, 5.41) is 25.7. The van der Waals surface area contributed by atoms with Crippen LogP contribution in [0.15, 0.2) is 35.2 Å². The summed E-state index contributed by atoms with van der Waals surface area (Å²) in [4.78, 5) is 25.7. The zero-order valence-corrected chi connectivity index (χ0v) is 18.9. The van der Waals surface area contributed by atoms with Gasteiger partial charge in [-0.3, -0.25) is 10.1 Å². The molecule has 0 saturated carbocycles. The van der Waals surface area contributed by atoms with Gasteiger partial charge in [0.05, 0.1) is 16.6 Å². The average Bonchev–Trinajstić information content (AvgIpc) is 3.00. The molecular weight excluding hydrogens is 386 g/mol. The smallest absolute Gasteiger partial charge is 0.408 e. The topological polar surface area (TPSA) is 105 Å². The van der Waals surface area contributed by atoms with E-state index in [2.05, 4.69) is 11.9 Å². The third kappa shape index (κ3) is 5.22. The van der Waals surface area contributed by atoms with Crippen molar-refractivity contribution in [2.75, 3.05) is 13.1 Å². The maximum atomic E-state index is 12.4. The van der Waals surface area contributed by atoms with Crippen LogP contribution in [0.1, 0.15) is 60.8 Å².